The van der Waals surface area contributed by atoms with Crippen molar-refractivity contribution in [2.24, 2.45) is 0 Å². The number of thiazole rings is 1. The highest BCUT2D eigenvalue weighted by atomic mass is 32.2. The monoisotopic (exact) mass is 328 g/mol. The second-order valence-corrected chi connectivity index (χ2v) is 5.67. The van der Waals surface area contributed by atoms with Gasteiger partial charge in [-0.15, -0.1) is 11.3 Å². The number of hydrogen-bond acceptors (Lipinski definition) is 9. The van der Waals surface area contributed by atoms with E-state index < -0.39 is 10.9 Å². The van der Waals surface area contributed by atoms with Crippen LogP contribution in [0.3, 0.4) is 0 Å². The van der Waals surface area contributed by atoms with E-state index in [4.69, 9.17) is 9.84 Å². The molecule has 0 aliphatic rings. The van der Waals surface area contributed by atoms with Crippen LogP contribution in [0, 0.1) is 10.1 Å². The zero-order valence-electron chi connectivity index (χ0n) is 10.5. The second-order valence-electron chi connectivity index (χ2n) is 3.57. The van der Waals surface area contributed by atoms with E-state index in [2.05, 4.69) is 15.0 Å². The minimum atomic E-state index is -0.994. The third-order valence-corrected chi connectivity index (χ3v) is 4.16. The Morgan fingerprint density at radius 1 is 1.57 bits per heavy atom. The highest BCUT2D eigenvalue weighted by Gasteiger charge is 2.25. The van der Waals surface area contributed by atoms with Crippen LogP contribution in [-0.4, -0.2) is 38.1 Å². The SMILES string of the molecule is COc1ncnc(Sc2nc(CC(=O)O)cs2)c1[N+](=O)[O-]. The Balaban J connectivity index is 2.29. The van der Waals surface area contributed by atoms with Gasteiger partial charge in [0.2, 0.25) is 0 Å². The molecule has 0 amide bonds. The van der Waals surface area contributed by atoms with Crippen molar-refractivity contribution < 1.29 is 19.6 Å². The quantitative estimate of drug-likeness (QED) is 0.477. The third kappa shape index (κ3) is 3.64. The van der Waals surface area contributed by atoms with Crippen LogP contribution in [0.4, 0.5) is 5.69 Å². The number of nitrogens with zero attached hydrogens (tertiary/aromatic N) is 4. The summed E-state index contributed by atoms with van der Waals surface area (Å²) in [5.41, 5.74) is 0.0404. The van der Waals surface area contributed by atoms with E-state index in [0.29, 0.717) is 10.0 Å². The standard InChI is InChI=1S/C10H8N4O5S2/c1-19-8-7(14(17)18)9(12-4-11-8)21-10-13-5(3-20-10)2-6(15)16/h3-4H,2H2,1H3,(H,15,16). The van der Waals surface area contributed by atoms with Gasteiger partial charge in [-0.1, -0.05) is 0 Å². The zero-order chi connectivity index (χ0) is 15.4. The first-order valence-electron chi connectivity index (χ1n) is 5.38. The molecule has 0 saturated carbocycles. The summed E-state index contributed by atoms with van der Waals surface area (Å²) in [7, 11) is 1.28. The normalized spacial score (nSPS) is 10.3. The van der Waals surface area contributed by atoms with Crippen LogP contribution >= 0.6 is 23.1 Å². The number of carboxylic acids is 1. The molecule has 0 bridgehead atoms. The van der Waals surface area contributed by atoms with Gasteiger partial charge >= 0.3 is 11.7 Å². The summed E-state index contributed by atoms with van der Waals surface area (Å²) in [4.78, 5) is 32.7. The van der Waals surface area contributed by atoms with Gasteiger partial charge in [0.05, 0.1) is 24.1 Å². The van der Waals surface area contributed by atoms with E-state index in [1.54, 1.807) is 5.38 Å². The van der Waals surface area contributed by atoms with Crippen LogP contribution in [0.15, 0.2) is 21.1 Å². The maximum absolute atomic E-state index is 11.1. The van der Waals surface area contributed by atoms with Crippen LogP contribution in [-0.2, 0) is 11.2 Å². The van der Waals surface area contributed by atoms with Crippen molar-refractivity contribution >= 4 is 34.8 Å². The molecule has 11 heteroatoms. The Kier molecular flexibility index (Phi) is 4.65. The number of nitro groups is 1. The zero-order valence-corrected chi connectivity index (χ0v) is 12.2. The van der Waals surface area contributed by atoms with Gasteiger partial charge in [-0.05, 0) is 11.8 Å². The number of methoxy groups -OCH3 is 1. The lowest BCUT2D eigenvalue weighted by atomic mass is 10.3. The highest BCUT2D eigenvalue weighted by molar-refractivity contribution is 8.01. The van der Waals surface area contributed by atoms with Gasteiger partial charge in [-0.3, -0.25) is 14.9 Å². The number of rotatable bonds is 6. The molecule has 0 atom stereocenters. The van der Waals surface area contributed by atoms with Gasteiger partial charge in [0, 0.05) is 5.38 Å². The lowest BCUT2D eigenvalue weighted by Crippen LogP contribution is -2.00. The van der Waals surface area contributed by atoms with E-state index in [1.165, 1.54) is 18.4 Å². The predicted octanol–water partition coefficient (Wildman–Crippen LogP) is 1.63. The molecule has 9 nitrogen and oxygen atoms in total. The molecular weight excluding hydrogens is 320 g/mol. The largest absolute Gasteiger partial charge is 0.481 e. The number of ether oxygens (including phenoxy) is 1. The van der Waals surface area contributed by atoms with Crippen molar-refractivity contribution in [3.63, 3.8) is 0 Å². The molecule has 0 aliphatic carbocycles. The van der Waals surface area contributed by atoms with Crippen molar-refractivity contribution in [1.29, 1.82) is 0 Å². The Morgan fingerprint density at radius 2 is 2.33 bits per heavy atom. The fraction of sp³-hybridized carbons (Fsp3) is 0.200. The third-order valence-electron chi connectivity index (χ3n) is 2.18. The van der Waals surface area contributed by atoms with Gasteiger partial charge in [0.1, 0.15) is 6.33 Å². The topological polar surface area (TPSA) is 128 Å². The molecular formula is C10H8N4O5S2. The van der Waals surface area contributed by atoms with Gasteiger partial charge in [-0.2, -0.15) is 4.98 Å². The summed E-state index contributed by atoms with van der Waals surface area (Å²) in [5, 5.41) is 21.4. The molecule has 1 N–H and O–H groups in total. The molecule has 21 heavy (non-hydrogen) atoms. The van der Waals surface area contributed by atoms with Crippen LogP contribution in [0.1, 0.15) is 5.69 Å². The fourth-order valence-corrected chi connectivity index (χ4v) is 3.18. The van der Waals surface area contributed by atoms with E-state index in [9.17, 15) is 14.9 Å². The minimum absolute atomic E-state index is 0.0862. The van der Waals surface area contributed by atoms with Crippen molar-refractivity contribution in [3.05, 3.63) is 27.5 Å². The van der Waals surface area contributed by atoms with Crippen LogP contribution < -0.4 is 4.74 Å². The summed E-state index contributed by atoms with van der Waals surface area (Å²) in [5.74, 6) is -1.13. The van der Waals surface area contributed by atoms with Gasteiger partial charge in [0.25, 0.3) is 5.88 Å². The molecule has 0 fully saturated rings. The molecule has 2 rings (SSSR count). The number of aromatic nitrogens is 3. The number of hydrogen-bond donors (Lipinski definition) is 1. The number of carbonyl (C=O) groups is 1. The van der Waals surface area contributed by atoms with Crippen molar-refractivity contribution in [2.45, 2.75) is 15.8 Å². The molecule has 110 valence electrons. The summed E-state index contributed by atoms with van der Waals surface area (Å²) in [6, 6.07) is 0. The van der Waals surface area contributed by atoms with E-state index in [-0.39, 0.29) is 23.0 Å². The van der Waals surface area contributed by atoms with E-state index >= 15 is 0 Å². The molecule has 0 radical (unpaired) electrons. The molecule has 0 saturated heterocycles. The molecule has 0 unspecified atom stereocenters. The molecule has 2 aromatic rings. The lowest BCUT2D eigenvalue weighted by molar-refractivity contribution is -0.389. The van der Waals surface area contributed by atoms with E-state index in [0.717, 1.165) is 18.1 Å². The molecule has 0 aliphatic heterocycles. The highest BCUT2D eigenvalue weighted by Crippen LogP contribution is 2.38. The Morgan fingerprint density at radius 3 is 2.95 bits per heavy atom. The van der Waals surface area contributed by atoms with Gasteiger partial charge < -0.3 is 9.84 Å². The molecule has 2 aromatic heterocycles. The number of carboxylic acid groups (broad SMARTS) is 1. The van der Waals surface area contributed by atoms with Crippen LogP contribution in [0.25, 0.3) is 0 Å². The maximum atomic E-state index is 11.1. The summed E-state index contributed by atoms with van der Waals surface area (Å²) in [6.45, 7) is 0. The Hall–Kier alpha value is -2.27. The molecule has 0 aromatic carbocycles. The first-order chi connectivity index (χ1) is 10.0. The average molecular weight is 328 g/mol. The van der Waals surface area contributed by atoms with Crippen LogP contribution in [0.5, 0.6) is 5.88 Å². The first kappa shape index (κ1) is 15.1. The smallest absolute Gasteiger partial charge is 0.363 e. The van der Waals surface area contributed by atoms with E-state index in [1.807, 2.05) is 0 Å². The summed E-state index contributed by atoms with van der Waals surface area (Å²) in [6.07, 6.45) is 0.951. The summed E-state index contributed by atoms with van der Waals surface area (Å²) < 4.78 is 5.30. The Bertz CT molecular complexity index is 690. The minimum Gasteiger partial charge on any atom is -0.481 e. The van der Waals surface area contributed by atoms with Crippen molar-refractivity contribution in [2.75, 3.05) is 7.11 Å². The van der Waals surface area contributed by atoms with Gasteiger partial charge in [0.15, 0.2) is 9.37 Å². The summed E-state index contributed by atoms with van der Waals surface area (Å²) >= 11 is 2.15. The van der Waals surface area contributed by atoms with Gasteiger partial charge in [-0.25, -0.2) is 9.97 Å². The van der Waals surface area contributed by atoms with Crippen LogP contribution in [0.2, 0.25) is 0 Å². The van der Waals surface area contributed by atoms with Crippen molar-refractivity contribution in [3.8, 4) is 5.88 Å². The first-order valence-corrected chi connectivity index (χ1v) is 7.08. The maximum Gasteiger partial charge on any atom is 0.363 e. The fourth-order valence-electron chi connectivity index (χ4n) is 1.38. The second kappa shape index (κ2) is 6.45. The lowest BCUT2D eigenvalue weighted by Gasteiger charge is -2.02. The molecule has 2 heterocycles. The molecule has 0 spiro atoms. The number of aliphatic carboxylic acids is 1. The predicted molar refractivity (Wildman–Crippen MR) is 72.8 cm³/mol. The average Bonchev–Trinajstić information content (AvgIpc) is 2.84. The Labute approximate surface area is 126 Å². The van der Waals surface area contributed by atoms with Crippen molar-refractivity contribution in [1.82, 2.24) is 15.0 Å².